The van der Waals surface area contributed by atoms with E-state index in [2.05, 4.69) is 19.2 Å². The zero-order valence-corrected chi connectivity index (χ0v) is 7.39. The molecule has 0 aromatic rings. The van der Waals surface area contributed by atoms with Crippen LogP contribution in [0.2, 0.25) is 0 Å². The maximum absolute atomic E-state index is 5.73. The van der Waals surface area contributed by atoms with Crippen molar-refractivity contribution in [3.05, 3.63) is 0 Å². The van der Waals surface area contributed by atoms with Gasteiger partial charge in [0.2, 0.25) is 0 Å². The molecule has 1 N–H and O–H groups in total. The van der Waals surface area contributed by atoms with Crippen molar-refractivity contribution >= 4 is 0 Å². The molecule has 0 amide bonds. The lowest BCUT2D eigenvalue weighted by atomic mass is 9.72. The quantitative estimate of drug-likeness (QED) is 0.610. The van der Waals surface area contributed by atoms with Crippen LogP contribution in [0, 0.1) is 11.3 Å². The smallest absolute Gasteiger partial charge is 0.0679 e. The third kappa shape index (κ3) is 1.00. The van der Waals surface area contributed by atoms with Gasteiger partial charge < -0.3 is 10.1 Å². The molecule has 0 aliphatic carbocycles. The summed E-state index contributed by atoms with van der Waals surface area (Å²) in [5.41, 5.74) is 0.522. The molecule has 1 spiro atoms. The van der Waals surface area contributed by atoms with E-state index in [1.54, 1.807) is 0 Å². The first-order chi connectivity index (χ1) is 5.25. The van der Waals surface area contributed by atoms with Crippen molar-refractivity contribution in [1.29, 1.82) is 0 Å². The van der Waals surface area contributed by atoms with Crippen molar-refractivity contribution in [2.45, 2.75) is 26.4 Å². The minimum Gasteiger partial charge on any atom is -0.377 e. The van der Waals surface area contributed by atoms with E-state index in [0.717, 1.165) is 6.61 Å². The molecule has 0 radical (unpaired) electrons. The molecule has 11 heavy (non-hydrogen) atoms. The van der Waals surface area contributed by atoms with Gasteiger partial charge in [0.25, 0.3) is 0 Å². The monoisotopic (exact) mass is 155 g/mol. The molecule has 0 saturated carbocycles. The van der Waals surface area contributed by atoms with E-state index in [1.807, 2.05) is 0 Å². The highest BCUT2D eigenvalue weighted by Crippen LogP contribution is 2.41. The van der Waals surface area contributed by atoms with E-state index in [0.29, 0.717) is 17.4 Å². The van der Waals surface area contributed by atoms with Gasteiger partial charge >= 0.3 is 0 Å². The minimum absolute atomic E-state index is 0.517. The second kappa shape index (κ2) is 2.46. The second-order valence-corrected chi connectivity index (χ2v) is 4.25. The van der Waals surface area contributed by atoms with Crippen LogP contribution >= 0.6 is 0 Å². The average molecular weight is 155 g/mol. The first kappa shape index (κ1) is 7.56. The molecule has 0 aromatic heterocycles. The Morgan fingerprint density at radius 2 is 2.18 bits per heavy atom. The molecular formula is C9H17NO. The van der Waals surface area contributed by atoms with Gasteiger partial charge in [-0.2, -0.15) is 0 Å². The Balaban J connectivity index is 2.07. The summed E-state index contributed by atoms with van der Waals surface area (Å²) in [5, 5.41) is 3.35. The largest absolute Gasteiger partial charge is 0.377 e. The summed E-state index contributed by atoms with van der Waals surface area (Å²) in [6.07, 6.45) is 1.78. The predicted octanol–water partition coefficient (Wildman–Crippen LogP) is 1.02. The van der Waals surface area contributed by atoms with Crippen LogP contribution in [0.5, 0.6) is 0 Å². The minimum atomic E-state index is 0.517. The average Bonchev–Trinajstić information content (AvgIpc) is 2.27. The molecule has 2 saturated heterocycles. The molecule has 2 heterocycles. The lowest BCUT2D eigenvalue weighted by molar-refractivity contribution is -0.0116. The predicted molar refractivity (Wildman–Crippen MR) is 44.5 cm³/mol. The van der Waals surface area contributed by atoms with E-state index < -0.39 is 0 Å². The fourth-order valence-corrected chi connectivity index (χ4v) is 2.43. The first-order valence-electron chi connectivity index (χ1n) is 4.57. The van der Waals surface area contributed by atoms with E-state index in [1.165, 1.54) is 19.5 Å². The van der Waals surface area contributed by atoms with E-state index >= 15 is 0 Å². The molecule has 2 fully saturated rings. The molecule has 1 unspecified atom stereocenters. The Kier molecular flexibility index (Phi) is 1.69. The van der Waals surface area contributed by atoms with Gasteiger partial charge in [0.1, 0.15) is 0 Å². The Labute approximate surface area is 68.3 Å². The summed E-state index contributed by atoms with van der Waals surface area (Å²) in [7, 11) is 0. The van der Waals surface area contributed by atoms with Crippen LogP contribution < -0.4 is 5.32 Å². The Morgan fingerprint density at radius 1 is 1.45 bits per heavy atom. The van der Waals surface area contributed by atoms with Gasteiger partial charge in [-0.15, -0.1) is 0 Å². The fraction of sp³-hybridized carbons (Fsp3) is 1.00. The van der Waals surface area contributed by atoms with Crippen molar-refractivity contribution < 1.29 is 4.74 Å². The Bertz CT molecular complexity index is 152. The summed E-state index contributed by atoms with van der Waals surface area (Å²) in [4.78, 5) is 0. The molecule has 2 heteroatoms. The molecule has 2 nitrogen and oxygen atoms in total. The third-order valence-electron chi connectivity index (χ3n) is 3.06. The standard InChI is InChI=1S/C9H17NO/c1-7(2)8-9(3-4-11-8)5-10-6-9/h7-8,10H,3-6H2,1-2H3. The van der Waals surface area contributed by atoms with Crippen molar-refractivity contribution in [1.82, 2.24) is 5.32 Å². The molecule has 0 bridgehead atoms. The maximum Gasteiger partial charge on any atom is 0.0679 e. The van der Waals surface area contributed by atoms with E-state index in [9.17, 15) is 0 Å². The second-order valence-electron chi connectivity index (χ2n) is 4.25. The van der Waals surface area contributed by atoms with Gasteiger partial charge in [-0.3, -0.25) is 0 Å². The molecule has 64 valence electrons. The topological polar surface area (TPSA) is 21.3 Å². The highest BCUT2D eigenvalue weighted by atomic mass is 16.5. The van der Waals surface area contributed by atoms with Gasteiger partial charge in [-0.1, -0.05) is 13.8 Å². The third-order valence-corrected chi connectivity index (χ3v) is 3.06. The van der Waals surface area contributed by atoms with Crippen molar-refractivity contribution in [2.75, 3.05) is 19.7 Å². The number of rotatable bonds is 1. The molecule has 0 aromatic carbocycles. The molecule has 2 rings (SSSR count). The number of hydrogen-bond acceptors (Lipinski definition) is 2. The normalized spacial score (nSPS) is 34.6. The van der Waals surface area contributed by atoms with Crippen LogP contribution in [0.25, 0.3) is 0 Å². The van der Waals surface area contributed by atoms with Crippen molar-refractivity contribution in [3.63, 3.8) is 0 Å². The number of nitrogens with one attached hydrogen (secondary N) is 1. The highest BCUT2D eigenvalue weighted by Gasteiger charge is 2.49. The Hall–Kier alpha value is -0.0800. The molecule has 2 aliphatic rings. The number of hydrogen-bond donors (Lipinski definition) is 1. The van der Waals surface area contributed by atoms with Crippen LogP contribution in [0.3, 0.4) is 0 Å². The SMILES string of the molecule is CC(C)C1OCCC12CNC2. The summed E-state index contributed by atoms with van der Waals surface area (Å²) in [5.74, 6) is 0.680. The van der Waals surface area contributed by atoms with Gasteiger partial charge in [-0.05, 0) is 12.3 Å². The van der Waals surface area contributed by atoms with E-state index in [-0.39, 0.29) is 0 Å². The lowest BCUT2D eigenvalue weighted by Crippen LogP contribution is -2.58. The van der Waals surface area contributed by atoms with Crippen LogP contribution in [-0.4, -0.2) is 25.8 Å². The van der Waals surface area contributed by atoms with Gasteiger partial charge in [0.05, 0.1) is 6.10 Å². The van der Waals surface area contributed by atoms with Crippen molar-refractivity contribution in [3.8, 4) is 0 Å². The zero-order valence-electron chi connectivity index (χ0n) is 7.39. The summed E-state index contributed by atoms with van der Waals surface area (Å²) in [6, 6.07) is 0. The Morgan fingerprint density at radius 3 is 2.55 bits per heavy atom. The summed E-state index contributed by atoms with van der Waals surface area (Å²) in [6.45, 7) is 7.85. The first-order valence-corrected chi connectivity index (χ1v) is 4.57. The van der Waals surface area contributed by atoms with Gasteiger partial charge in [-0.25, -0.2) is 0 Å². The highest BCUT2D eigenvalue weighted by molar-refractivity contribution is 5.02. The molecular weight excluding hydrogens is 138 g/mol. The van der Waals surface area contributed by atoms with Crippen LogP contribution in [0.4, 0.5) is 0 Å². The van der Waals surface area contributed by atoms with Gasteiger partial charge in [0, 0.05) is 25.1 Å². The van der Waals surface area contributed by atoms with Crippen LogP contribution in [0.15, 0.2) is 0 Å². The van der Waals surface area contributed by atoms with E-state index in [4.69, 9.17) is 4.74 Å². The lowest BCUT2D eigenvalue weighted by Gasteiger charge is -2.44. The number of ether oxygens (including phenoxy) is 1. The maximum atomic E-state index is 5.73. The summed E-state index contributed by atoms with van der Waals surface area (Å²) >= 11 is 0. The summed E-state index contributed by atoms with van der Waals surface area (Å²) < 4.78 is 5.73. The van der Waals surface area contributed by atoms with Crippen molar-refractivity contribution in [2.24, 2.45) is 11.3 Å². The zero-order chi connectivity index (χ0) is 7.90. The van der Waals surface area contributed by atoms with Crippen LogP contribution in [0.1, 0.15) is 20.3 Å². The fourth-order valence-electron chi connectivity index (χ4n) is 2.43. The molecule has 2 aliphatic heterocycles. The van der Waals surface area contributed by atoms with Crippen LogP contribution in [-0.2, 0) is 4.74 Å². The molecule has 1 atom stereocenters. The van der Waals surface area contributed by atoms with Gasteiger partial charge in [0.15, 0.2) is 0 Å².